The molecule has 1 amide bonds. The lowest BCUT2D eigenvalue weighted by Crippen LogP contribution is -2.33. The first-order chi connectivity index (χ1) is 12.5. The summed E-state index contributed by atoms with van der Waals surface area (Å²) in [7, 11) is 0. The lowest BCUT2D eigenvalue weighted by atomic mass is 9.95. The molecule has 3 heterocycles. The van der Waals surface area contributed by atoms with Crippen molar-refractivity contribution in [3.05, 3.63) is 64.0 Å². The van der Waals surface area contributed by atoms with Crippen molar-refractivity contribution in [2.75, 3.05) is 5.32 Å². The van der Waals surface area contributed by atoms with Crippen LogP contribution < -0.4 is 10.9 Å². The summed E-state index contributed by atoms with van der Waals surface area (Å²) in [5, 5.41) is 13.3. The summed E-state index contributed by atoms with van der Waals surface area (Å²) in [6, 6.07) is 5.62. The average molecular weight is 353 g/mol. The van der Waals surface area contributed by atoms with Gasteiger partial charge in [-0.3, -0.25) is 14.6 Å². The van der Waals surface area contributed by atoms with E-state index >= 15 is 0 Å². The zero-order valence-electron chi connectivity index (χ0n) is 14.0. The molecule has 1 aliphatic heterocycles. The van der Waals surface area contributed by atoms with Gasteiger partial charge in [0.2, 0.25) is 0 Å². The topological polar surface area (TPSA) is 84.2 Å². The van der Waals surface area contributed by atoms with E-state index in [0.717, 1.165) is 6.07 Å². The molecule has 1 aromatic carbocycles. The van der Waals surface area contributed by atoms with Gasteiger partial charge in [0, 0.05) is 17.6 Å². The summed E-state index contributed by atoms with van der Waals surface area (Å²) in [6.45, 7) is 1.87. The number of carbonyl (C=O) groups is 1. The van der Waals surface area contributed by atoms with E-state index in [1.54, 1.807) is 18.3 Å². The van der Waals surface area contributed by atoms with Crippen LogP contribution >= 0.6 is 0 Å². The van der Waals surface area contributed by atoms with Gasteiger partial charge in [0.05, 0.1) is 17.4 Å². The van der Waals surface area contributed by atoms with Crippen LogP contribution in [0.5, 0.6) is 5.75 Å². The second-order valence-electron chi connectivity index (χ2n) is 6.44. The zero-order valence-corrected chi connectivity index (χ0v) is 14.0. The maximum absolute atomic E-state index is 14.0. The van der Waals surface area contributed by atoms with E-state index in [9.17, 15) is 19.1 Å². The molecule has 2 aromatic heterocycles. The van der Waals surface area contributed by atoms with Crippen LogP contribution in [0, 0.1) is 5.82 Å². The number of anilines is 1. The first-order valence-corrected chi connectivity index (χ1v) is 8.28. The van der Waals surface area contributed by atoms with Gasteiger partial charge in [-0.25, -0.2) is 4.39 Å². The van der Waals surface area contributed by atoms with E-state index in [4.69, 9.17) is 0 Å². The molecule has 7 heteroatoms. The number of nitrogens with one attached hydrogen (secondary N) is 1. The van der Waals surface area contributed by atoms with Gasteiger partial charge in [-0.1, -0.05) is 0 Å². The molecule has 0 bridgehead atoms. The Kier molecular flexibility index (Phi) is 3.72. The fourth-order valence-corrected chi connectivity index (χ4v) is 3.52. The molecule has 0 spiro atoms. The molecule has 0 radical (unpaired) electrons. The van der Waals surface area contributed by atoms with Crippen LogP contribution in [-0.4, -0.2) is 20.6 Å². The van der Waals surface area contributed by atoms with Crippen LogP contribution in [0.25, 0.3) is 10.9 Å². The van der Waals surface area contributed by atoms with Crippen LogP contribution in [0.3, 0.4) is 0 Å². The Labute approximate surface area is 147 Å². The number of benzene rings is 1. The van der Waals surface area contributed by atoms with Crippen molar-refractivity contribution in [1.82, 2.24) is 9.55 Å². The minimum absolute atomic E-state index is 0.159. The summed E-state index contributed by atoms with van der Waals surface area (Å²) >= 11 is 0. The number of nitrogens with zero attached hydrogens (tertiary/aromatic N) is 2. The molecule has 2 N–H and O–H groups in total. The highest BCUT2D eigenvalue weighted by atomic mass is 19.1. The predicted octanol–water partition coefficient (Wildman–Crippen LogP) is 3.00. The molecule has 6 nitrogen and oxygen atoms in total. The third kappa shape index (κ3) is 2.44. The van der Waals surface area contributed by atoms with Gasteiger partial charge >= 0.3 is 0 Å². The fraction of sp³-hybridized carbons (Fsp3) is 0.211. The van der Waals surface area contributed by atoms with Crippen molar-refractivity contribution >= 4 is 22.5 Å². The lowest BCUT2D eigenvalue weighted by Gasteiger charge is -2.26. The summed E-state index contributed by atoms with van der Waals surface area (Å²) in [6.07, 6.45) is 4.24. The quantitative estimate of drug-likeness (QED) is 0.742. The van der Waals surface area contributed by atoms with Gasteiger partial charge in [0.1, 0.15) is 17.1 Å². The van der Waals surface area contributed by atoms with Crippen LogP contribution in [0.4, 0.5) is 10.1 Å². The highest BCUT2D eigenvalue weighted by molar-refractivity contribution is 6.09. The minimum atomic E-state index is -0.755. The van der Waals surface area contributed by atoms with Crippen LogP contribution in [0.2, 0.25) is 0 Å². The Balaban J connectivity index is 1.96. The number of rotatable bonds is 2. The third-order valence-corrected chi connectivity index (χ3v) is 4.74. The summed E-state index contributed by atoms with van der Waals surface area (Å²) < 4.78 is 15.5. The first kappa shape index (κ1) is 16.3. The Morgan fingerprint density at radius 1 is 1.42 bits per heavy atom. The first-order valence-electron chi connectivity index (χ1n) is 8.28. The van der Waals surface area contributed by atoms with Crippen molar-refractivity contribution < 1.29 is 14.3 Å². The van der Waals surface area contributed by atoms with Crippen LogP contribution in [0.15, 0.2) is 41.5 Å². The molecule has 26 heavy (non-hydrogen) atoms. The molecule has 132 valence electrons. The van der Waals surface area contributed by atoms with Gasteiger partial charge < -0.3 is 15.0 Å². The molecule has 0 saturated carbocycles. The number of carbonyl (C=O) groups excluding carboxylic acids is 1. The van der Waals surface area contributed by atoms with E-state index < -0.39 is 28.6 Å². The fourth-order valence-electron chi connectivity index (χ4n) is 3.52. The van der Waals surface area contributed by atoms with Gasteiger partial charge in [-0.05, 0) is 49.6 Å². The summed E-state index contributed by atoms with van der Waals surface area (Å²) in [5.41, 5.74) is 0.557. The molecule has 1 unspecified atom stereocenters. The molecule has 1 atom stereocenters. The van der Waals surface area contributed by atoms with Gasteiger partial charge in [-0.15, -0.1) is 0 Å². The SMILES string of the molecule is CC1CCc2cc(F)cc3c(O)c(C(=O)Nc4cccnc4)c(=O)n1c23. The molecule has 4 rings (SSSR count). The Morgan fingerprint density at radius 2 is 2.23 bits per heavy atom. The number of halogens is 1. The van der Waals surface area contributed by atoms with Crippen LogP contribution in [-0.2, 0) is 6.42 Å². The average Bonchev–Trinajstić information content (AvgIpc) is 2.61. The Morgan fingerprint density at radius 3 is 2.96 bits per heavy atom. The maximum atomic E-state index is 14.0. The smallest absolute Gasteiger partial charge is 0.267 e. The lowest BCUT2D eigenvalue weighted by molar-refractivity contribution is 0.102. The van der Waals surface area contributed by atoms with Gasteiger partial charge in [0.25, 0.3) is 11.5 Å². The van der Waals surface area contributed by atoms with Crippen LogP contribution in [0.1, 0.15) is 35.3 Å². The monoisotopic (exact) mass is 353 g/mol. The van der Waals surface area contributed by atoms with Crippen molar-refractivity contribution in [3.63, 3.8) is 0 Å². The zero-order chi connectivity index (χ0) is 18.4. The molecular weight excluding hydrogens is 337 g/mol. The Hall–Kier alpha value is -3.22. The molecule has 0 fully saturated rings. The van der Waals surface area contributed by atoms with E-state index in [1.807, 2.05) is 6.92 Å². The normalized spacial score (nSPS) is 15.8. The maximum Gasteiger partial charge on any atom is 0.267 e. The largest absolute Gasteiger partial charge is 0.506 e. The molecular formula is C19H16FN3O3. The van der Waals surface area contributed by atoms with Gasteiger partial charge in [-0.2, -0.15) is 0 Å². The number of aryl methyl sites for hydroxylation is 1. The summed E-state index contributed by atoms with van der Waals surface area (Å²) in [5.74, 6) is -1.77. The van der Waals surface area contributed by atoms with Gasteiger partial charge in [0.15, 0.2) is 0 Å². The molecule has 3 aromatic rings. The van der Waals surface area contributed by atoms with E-state index in [2.05, 4.69) is 10.3 Å². The number of amides is 1. The highest BCUT2D eigenvalue weighted by Crippen LogP contribution is 2.35. The molecule has 0 saturated heterocycles. The van der Waals surface area contributed by atoms with Crippen molar-refractivity contribution in [2.24, 2.45) is 0 Å². The number of aromatic hydroxyl groups is 1. The Bertz CT molecular complexity index is 1090. The molecule has 0 aliphatic carbocycles. The number of hydrogen-bond acceptors (Lipinski definition) is 4. The van der Waals surface area contributed by atoms with Crippen molar-refractivity contribution in [1.29, 1.82) is 0 Å². The minimum Gasteiger partial charge on any atom is -0.506 e. The van der Waals surface area contributed by atoms with Crippen molar-refractivity contribution in [2.45, 2.75) is 25.8 Å². The number of aromatic nitrogens is 2. The third-order valence-electron chi connectivity index (χ3n) is 4.74. The van der Waals surface area contributed by atoms with E-state index in [1.165, 1.54) is 16.8 Å². The van der Waals surface area contributed by atoms with E-state index in [0.29, 0.717) is 29.6 Å². The van der Waals surface area contributed by atoms with E-state index in [-0.39, 0.29) is 11.4 Å². The predicted molar refractivity (Wildman–Crippen MR) is 95.1 cm³/mol. The van der Waals surface area contributed by atoms with Crippen molar-refractivity contribution in [3.8, 4) is 5.75 Å². The number of pyridine rings is 2. The molecule has 1 aliphatic rings. The standard InChI is InChI=1S/C19H16FN3O3/c1-10-4-5-11-7-12(20)8-14-16(11)23(10)19(26)15(17(14)24)18(25)22-13-3-2-6-21-9-13/h2-3,6-10,24H,4-5H2,1H3,(H,22,25). The highest BCUT2D eigenvalue weighted by Gasteiger charge is 2.28. The second kappa shape index (κ2) is 5.94. The summed E-state index contributed by atoms with van der Waals surface area (Å²) in [4.78, 5) is 29.5. The number of hydrogen-bond donors (Lipinski definition) is 2. The second-order valence-corrected chi connectivity index (χ2v) is 6.44.